The molecule has 2 aliphatic heterocycles. The Morgan fingerprint density at radius 2 is 2.57 bits per heavy atom. The van der Waals surface area contributed by atoms with Gasteiger partial charge < -0.3 is 15.4 Å². The van der Waals surface area contributed by atoms with Crippen LogP contribution >= 0.6 is 0 Å². The lowest BCUT2D eigenvalue weighted by Crippen LogP contribution is -2.53. The molecule has 4 nitrogen and oxygen atoms in total. The predicted molar refractivity (Wildman–Crippen MR) is 52.9 cm³/mol. The van der Waals surface area contributed by atoms with Crippen molar-refractivity contribution in [3.8, 4) is 0 Å². The SMILES string of the molecule is O=C(NCC1=CCOCC1)C1CCN1. The first kappa shape index (κ1) is 9.68. The van der Waals surface area contributed by atoms with E-state index in [-0.39, 0.29) is 11.9 Å². The van der Waals surface area contributed by atoms with Crippen molar-refractivity contribution in [1.29, 1.82) is 0 Å². The summed E-state index contributed by atoms with van der Waals surface area (Å²) in [6, 6.07) is 0.0513. The van der Waals surface area contributed by atoms with Gasteiger partial charge in [0.15, 0.2) is 0 Å². The van der Waals surface area contributed by atoms with Crippen LogP contribution in [0.5, 0.6) is 0 Å². The van der Waals surface area contributed by atoms with Gasteiger partial charge in [-0.3, -0.25) is 4.79 Å². The highest BCUT2D eigenvalue weighted by Crippen LogP contribution is 2.07. The lowest BCUT2D eigenvalue weighted by atomic mass is 10.1. The van der Waals surface area contributed by atoms with Gasteiger partial charge in [-0.05, 0) is 19.4 Å². The Hall–Kier alpha value is -0.870. The molecule has 1 saturated heterocycles. The number of nitrogens with one attached hydrogen (secondary N) is 2. The van der Waals surface area contributed by atoms with E-state index in [1.807, 2.05) is 0 Å². The van der Waals surface area contributed by atoms with Crippen molar-refractivity contribution in [2.75, 3.05) is 26.3 Å². The molecule has 0 saturated carbocycles. The highest BCUT2D eigenvalue weighted by molar-refractivity contribution is 5.82. The van der Waals surface area contributed by atoms with Crippen molar-refractivity contribution in [3.63, 3.8) is 0 Å². The Bertz CT molecular complexity index is 247. The van der Waals surface area contributed by atoms with Crippen molar-refractivity contribution in [1.82, 2.24) is 10.6 Å². The van der Waals surface area contributed by atoms with E-state index in [0.29, 0.717) is 13.2 Å². The molecule has 0 aromatic rings. The standard InChI is InChI=1S/C10H16N2O2/c13-10(9-1-4-11-9)12-7-8-2-5-14-6-3-8/h2,9,11H,1,3-7H2,(H,12,13). The van der Waals surface area contributed by atoms with Gasteiger partial charge >= 0.3 is 0 Å². The highest BCUT2D eigenvalue weighted by atomic mass is 16.5. The lowest BCUT2D eigenvalue weighted by molar-refractivity contribution is -0.124. The lowest BCUT2D eigenvalue weighted by Gasteiger charge is -2.26. The molecular weight excluding hydrogens is 180 g/mol. The van der Waals surface area contributed by atoms with Gasteiger partial charge in [-0.1, -0.05) is 11.6 Å². The summed E-state index contributed by atoms with van der Waals surface area (Å²) in [4.78, 5) is 11.4. The normalized spacial score (nSPS) is 26.3. The fourth-order valence-corrected chi connectivity index (χ4v) is 1.56. The van der Waals surface area contributed by atoms with Crippen LogP contribution in [0.1, 0.15) is 12.8 Å². The molecule has 0 spiro atoms. The Labute approximate surface area is 83.7 Å². The summed E-state index contributed by atoms with van der Waals surface area (Å²) in [6.45, 7) is 3.12. The van der Waals surface area contributed by atoms with Crippen LogP contribution in [-0.2, 0) is 9.53 Å². The Morgan fingerprint density at radius 1 is 1.71 bits per heavy atom. The number of carbonyl (C=O) groups is 1. The minimum atomic E-state index is 0.0513. The summed E-state index contributed by atoms with van der Waals surface area (Å²) in [5.41, 5.74) is 1.28. The molecule has 0 aliphatic carbocycles. The van der Waals surface area contributed by atoms with Gasteiger partial charge in [-0.15, -0.1) is 0 Å². The van der Waals surface area contributed by atoms with Crippen LogP contribution in [-0.4, -0.2) is 38.3 Å². The third-order valence-electron chi connectivity index (χ3n) is 2.69. The largest absolute Gasteiger partial charge is 0.377 e. The van der Waals surface area contributed by atoms with E-state index >= 15 is 0 Å². The minimum absolute atomic E-state index is 0.0513. The van der Waals surface area contributed by atoms with Crippen LogP contribution in [0.25, 0.3) is 0 Å². The molecular formula is C10H16N2O2. The Balaban J connectivity index is 1.70. The first-order valence-corrected chi connectivity index (χ1v) is 5.13. The molecule has 1 unspecified atom stereocenters. The molecule has 1 atom stereocenters. The number of carbonyl (C=O) groups excluding carboxylic acids is 1. The molecule has 14 heavy (non-hydrogen) atoms. The van der Waals surface area contributed by atoms with Crippen LogP contribution in [0, 0.1) is 0 Å². The van der Waals surface area contributed by atoms with Crippen LogP contribution < -0.4 is 10.6 Å². The number of amides is 1. The van der Waals surface area contributed by atoms with Crippen molar-refractivity contribution >= 4 is 5.91 Å². The molecule has 2 heterocycles. The summed E-state index contributed by atoms with van der Waals surface area (Å²) >= 11 is 0. The molecule has 1 fully saturated rings. The van der Waals surface area contributed by atoms with E-state index in [0.717, 1.165) is 26.0 Å². The van der Waals surface area contributed by atoms with Crippen molar-refractivity contribution in [2.24, 2.45) is 0 Å². The number of hydrogen-bond acceptors (Lipinski definition) is 3. The zero-order valence-corrected chi connectivity index (χ0v) is 8.21. The van der Waals surface area contributed by atoms with E-state index in [2.05, 4.69) is 16.7 Å². The number of ether oxygens (including phenoxy) is 1. The molecule has 2 rings (SSSR count). The van der Waals surface area contributed by atoms with Gasteiger partial charge in [0, 0.05) is 6.54 Å². The summed E-state index contributed by atoms with van der Waals surface area (Å²) in [5.74, 6) is 0.128. The Morgan fingerprint density at radius 3 is 3.14 bits per heavy atom. The van der Waals surface area contributed by atoms with Gasteiger partial charge in [-0.2, -0.15) is 0 Å². The fourth-order valence-electron chi connectivity index (χ4n) is 1.56. The van der Waals surface area contributed by atoms with E-state index in [4.69, 9.17) is 4.74 Å². The summed E-state index contributed by atoms with van der Waals surface area (Å²) in [7, 11) is 0. The average Bonchev–Trinajstić information content (AvgIpc) is 2.14. The van der Waals surface area contributed by atoms with Crippen molar-refractivity contribution in [3.05, 3.63) is 11.6 Å². The van der Waals surface area contributed by atoms with Gasteiger partial charge in [0.25, 0.3) is 0 Å². The molecule has 0 radical (unpaired) electrons. The van der Waals surface area contributed by atoms with Crippen molar-refractivity contribution < 1.29 is 9.53 Å². The first-order valence-electron chi connectivity index (χ1n) is 5.13. The summed E-state index contributed by atoms with van der Waals surface area (Å²) in [5, 5.41) is 6.01. The minimum Gasteiger partial charge on any atom is -0.377 e. The van der Waals surface area contributed by atoms with Gasteiger partial charge in [0.1, 0.15) is 0 Å². The maximum atomic E-state index is 11.4. The van der Waals surface area contributed by atoms with E-state index in [1.165, 1.54) is 5.57 Å². The molecule has 1 amide bonds. The summed E-state index contributed by atoms with van der Waals surface area (Å²) < 4.78 is 5.18. The monoisotopic (exact) mass is 196 g/mol. The van der Waals surface area contributed by atoms with E-state index < -0.39 is 0 Å². The van der Waals surface area contributed by atoms with E-state index in [1.54, 1.807) is 0 Å². The van der Waals surface area contributed by atoms with Crippen molar-refractivity contribution in [2.45, 2.75) is 18.9 Å². The molecule has 0 aromatic carbocycles. The fraction of sp³-hybridized carbons (Fsp3) is 0.700. The molecule has 4 heteroatoms. The molecule has 2 N–H and O–H groups in total. The third kappa shape index (κ3) is 2.33. The smallest absolute Gasteiger partial charge is 0.237 e. The topological polar surface area (TPSA) is 50.4 Å². The highest BCUT2D eigenvalue weighted by Gasteiger charge is 2.23. The maximum absolute atomic E-state index is 11.4. The van der Waals surface area contributed by atoms with E-state index in [9.17, 15) is 4.79 Å². The number of hydrogen-bond donors (Lipinski definition) is 2. The second-order valence-corrected chi connectivity index (χ2v) is 3.70. The second-order valence-electron chi connectivity index (χ2n) is 3.70. The number of rotatable bonds is 3. The van der Waals surface area contributed by atoms with Gasteiger partial charge in [0.2, 0.25) is 5.91 Å². The van der Waals surface area contributed by atoms with Crippen LogP contribution in [0.4, 0.5) is 0 Å². The predicted octanol–water partition coefficient (Wildman–Crippen LogP) is -0.189. The molecule has 2 aliphatic rings. The maximum Gasteiger partial charge on any atom is 0.237 e. The molecule has 0 bridgehead atoms. The zero-order chi connectivity index (χ0) is 9.80. The zero-order valence-electron chi connectivity index (χ0n) is 8.21. The molecule has 78 valence electrons. The van der Waals surface area contributed by atoms with Gasteiger partial charge in [-0.25, -0.2) is 0 Å². The first-order chi connectivity index (χ1) is 6.86. The average molecular weight is 196 g/mol. The van der Waals surface area contributed by atoms with Crippen LogP contribution in [0.3, 0.4) is 0 Å². The summed E-state index contributed by atoms with van der Waals surface area (Å²) in [6.07, 6.45) is 3.96. The third-order valence-corrected chi connectivity index (χ3v) is 2.69. The van der Waals surface area contributed by atoms with Crippen LogP contribution in [0.15, 0.2) is 11.6 Å². The van der Waals surface area contributed by atoms with Crippen LogP contribution in [0.2, 0.25) is 0 Å². The Kier molecular flexibility index (Phi) is 3.16. The second kappa shape index (κ2) is 4.57. The quantitative estimate of drug-likeness (QED) is 0.615. The molecule has 0 aromatic heterocycles. The van der Waals surface area contributed by atoms with Gasteiger partial charge in [0.05, 0.1) is 19.3 Å².